The third kappa shape index (κ3) is 3.48. The smallest absolute Gasteiger partial charge is 0.349 e. The number of ether oxygens (including phenoxy) is 2. The molecule has 1 aliphatic rings. The highest BCUT2D eigenvalue weighted by molar-refractivity contribution is 5.89. The molecule has 27 heavy (non-hydrogen) atoms. The van der Waals surface area contributed by atoms with Crippen LogP contribution in [0.2, 0.25) is 0 Å². The lowest BCUT2D eigenvalue weighted by Gasteiger charge is -2.27. The third-order valence-electron chi connectivity index (χ3n) is 4.40. The van der Waals surface area contributed by atoms with Crippen molar-refractivity contribution in [2.45, 2.75) is 37.6 Å². The van der Waals surface area contributed by atoms with Crippen LogP contribution >= 0.6 is 0 Å². The molecule has 0 radical (unpaired) electrons. The zero-order valence-electron chi connectivity index (χ0n) is 14.7. The molecular formula is C18H19FN2O6. The van der Waals surface area contributed by atoms with Gasteiger partial charge in [-0.25, -0.2) is 14.0 Å². The topological polar surface area (TPSA) is 111 Å². The van der Waals surface area contributed by atoms with E-state index in [9.17, 15) is 19.8 Å². The zero-order valence-corrected chi connectivity index (χ0v) is 14.7. The first-order valence-electron chi connectivity index (χ1n) is 8.20. The first-order chi connectivity index (χ1) is 12.6. The molecule has 4 atom stereocenters. The summed E-state index contributed by atoms with van der Waals surface area (Å²) in [6.45, 7) is 1.74. The summed E-state index contributed by atoms with van der Waals surface area (Å²) in [7, 11) is 0. The molecule has 1 saturated heterocycles. The van der Waals surface area contributed by atoms with E-state index >= 15 is 4.39 Å². The minimum Gasteiger partial charge on any atom is -0.456 e. The van der Waals surface area contributed by atoms with Crippen LogP contribution in [0.25, 0.3) is 0 Å². The number of aromatic nitrogens is 2. The Labute approximate surface area is 153 Å². The van der Waals surface area contributed by atoms with E-state index in [-0.39, 0.29) is 5.56 Å². The Kier molecular flexibility index (Phi) is 4.85. The minimum atomic E-state index is -2.91. The van der Waals surface area contributed by atoms with Gasteiger partial charge in [0.2, 0.25) is 0 Å². The van der Waals surface area contributed by atoms with E-state index in [1.54, 1.807) is 25.1 Å². The molecule has 2 heterocycles. The second-order valence-corrected chi connectivity index (χ2v) is 6.59. The summed E-state index contributed by atoms with van der Waals surface area (Å²) in [5.41, 5.74) is -2.33. The molecule has 0 aliphatic carbocycles. The number of halogens is 1. The van der Waals surface area contributed by atoms with E-state index in [1.165, 1.54) is 24.4 Å². The molecule has 0 amide bonds. The van der Waals surface area contributed by atoms with Crippen LogP contribution in [0.3, 0.4) is 0 Å². The van der Waals surface area contributed by atoms with Crippen molar-refractivity contribution in [2.24, 2.45) is 0 Å². The number of hydrogen-bond donors (Lipinski definition) is 2. The summed E-state index contributed by atoms with van der Waals surface area (Å²) in [5, 5.41) is 20.8. The number of nitrogens with zero attached hydrogens (tertiary/aromatic N) is 2. The summed E-state index contributed by atoms with van der Waals surface area (Å²) < 4.78 is 26.1. The van der Waals surface area contributed by atoms with E-state index in [1.807, 2.05) is 0 Å². The van der Waals surface area contributed by atoms with E-state index < -0.39 is 42.1 Å². The SMILES string of the molecule is Cc1ccn([C@@H]2O[C@](F)(COC(=O)c3ccccc3)[C@@H](O)[C@@]2(C)O)c(=O)n1. The van der Waals surface area contributed by atoms with Crippen molar-refractivity contribution in [2.75, 3.05) is 6.61 Å². The van der Waals surface area contributed by atoms with Crippen molar-refractivity contribution < 1.29 is 28.9 Å². The minimum absolute atomic E-state index is 0.191. The van der Waals surface area contributed by atoms with Gasteiger partial charge in [-0.3, -0.25) is 4.57 Å². The molecule has 8 nitrogen and oxygen atoms in total. The molecule has 144 valence electrons. The van der Waals surface area contributed by atoms with Gasteiger partial charge in [-0.1, -0.05) is 18.2 Å². The number of aliphatic hydroxyl groups is 2. The molecule has 1 aromatic heterocycles. The van der Waals surface area contributed by atoms with Gasteiger partial charge in [-0.2, -0.15) is 4.98 Å². The van der Waals surface area contributed by atoms with Crippen molar-refractivity contribution in [3.8, 4) is 0 Å². The number of aryl methyl sites for hydroxylation is 1. The third-order valence-corrected chi connectivity index (χ3v) is 4.40. The lowest BCUT2D eigenvalue weighted by atomic mass is 9.95. The van der Waals surface area contributed by atoms with Gasteiger partial charge in [0.15, 0.2) is 12.8 Å². The maximum Gasteiger partial charge on any atom is 0.349 e. The Hall–Kier alpha value is -2.62. The van der Waals surface area contributed by atoms with Crippen molar-refractivity contribution >= 4 is 5.97 Å². The van der Waals surface area contributed by atoms with Gasteiger partial charge in [0.1, 0.15) is 11.7 Å². The molecule has 3 rings (SSSR count). The van der Waals surface area contributed by atoms with Gasteiger partial charge in [0.05, 0.1) is 5.56 Å². The second-order valence-electron chi connectivity index (χ2n) is 6.59. The Morgan fingerprint density at radius 1 is 1.37 bits per heavy atom. The van der Waals surface area contributed by atoms with Crippen molar-refractivity contribution in [1.82, 2.24) is 9.55 Å². The highest BCUT2D eigenvalue weighted by Gasteiger charge is 2.63. The van der Waals surface area contributed by atoms with Gasteiger partial charge in [0.25, 0.3) is 5.85 Å². The Bertz CT molecular complexity index is 900. The zero-order chi connectivity index (χ0) is 19.8. The van der Waals surface area contributed by atoms with Crippen LogP contribution in [0.1, 0.15) is 29.2 Å². The average molecular weight is 378 g/mol. The van der Waals surface area contributed by atoms with Gasteiger partial charge >= 0.3 is 11.7 Å². The monoisotopic (exact) mass is 378 g/mol. The second kappa shape index (κ2) is 6.84. The summed E-state index contributed by atoms with van der Waals surface area (Å²) in [4.78, 5) is 27.8. The number of carbonyl (C=O) groups excluding carboxylic acids is 1. The molecule has 0 spiro atoms. The maximum absolute atomic E-state index is 15.2. The summed E-state index contributed by atoms with van der Waals surface area (Å²) in [6, 6.07) is 9.36. The Morgan fingerprint density at radius 2 is 2.04 bits per heavy atom. The quantitative estimate of drug-likeness (QED) is 0.754. The van der Waals surface area contributed by atoms with Crippen LogP contribution in [0.15, 0.2) is 47.4 Å². The number of hydrogen-bond acceptors (Lipinski definition) is 7. The van der Waals surface area contributed by atoms with Crippen LogP contribution < -0.4 is 5.69 Å². The fourth-order valence-electron chi connectivity index (χ4n) is 2.89. The standard InChI is InChI=1S/C18H19FN2O6/c1-11-8-9-21(16(24)20-11)15-17(2,25)14(23)18(19,27-15)10-26-13(22)12-6-4-3-5-7-12/h3-9,14-15,23,25H,10H2,1-2H3/t14-,15+,17+,18+/m0/s1. The largest absolute Gasteiger partial charge is 0.456 e. The number of rotatable bonds is 4. The molecule has 1 fully saturated rings. The predicted octanol–water partition coefficient (Wildman–Crippen LogP) is 0.715. The van der Waals surface area contributed by atoms with Crippen molar-refractivity contribution in [3.05, 3.63) is 64.3 Å². The molecule has 9 heteroatoms. The molecule has 0 bridgehead atoms. The van der Waals surface area contributed by atoms with E-state index in [0.29, 0.717) is 5.69 Å². The van der Waals surface area contributed by atoms with Crippen molar-refractivity contribution in [3.63, 3.8) is 0 Å². The maximum atomic E-state index is 15.2. The molecule has 2 N–H and O–H groups in total. The summed E-state index contributed by atoms with van der Waals surface area (Å²) >= 11 is 0. The molecule has 1 aromatic carbocycles. The lowest BCUT2D eigenvalue weighted by Crippen LogP contribution is -2.50. The average Bonchev–Trinajstić information content (AvgIpc) is 2.81. The number of aliphatic hydroxyl groups excluding tert-OH is 1. The van der Waals surface area contributed by atoms with Gasteiger partial charge < -0.3 is 19.7 Å². The number of alkyl halides is 1. The fourth-order valence-corrected chi connectivity index (χ4v) is 2.89. The Balaban J connectivity index is 1.82. The van der Waals surface area contributed by atoms with E-state index in [4.69, 9.17) is 9.47 Å². The fraction of sp³-hybridized carbons (Fsp3) is 0.389. The van der Waals surface area contributed by atoms with E-state index in [0.717, 1.165) is 11.5 Å². The van der Waals surface area contributed by atoms with Gasteiger partial charge in [0, 0.05) is 11.9 Å². The summed E-state index contributed by atoms with van der Waals surface area (Å²) in [5.74, 6) is -3.73. The van der Waals surface area contributed by atoms with Crippen LogP contribution in [-0.4, -0.2) is 49.9 Å². The number of carbonyl (C=O) groups is 1. The number of esters is 1. The van der Waals surface area contributed by atoms with Crippen LogP contribution in [0, 0.1) is 6.92 Å². The van der Waals surface area contributed by atoms with Gasteiger partial charge in [-0.05, 0) is 32.0 Å². The molecule has 2 aromatic rings. The summed E-state index contributed by atoms with van der Waals surface area (Å²) in [6.07, 6.45) is -2.36. The Morgan fingerprint density at radius 3 is 2.67 bits per heavy atom. The van der Waals surface area contributed by atoms with Crippen LogP contribution in [0.5, 0.6) is 0 Å². The van der Waals surface area contributed by atoms with Gasteiger partial charge in [-0.15, -0.1) is 0 Å². The van der Waals surface area contributed by atoms with Crippen molar-refractivity contribution in [1.29, 1.82) is 0 Å². The first-order valence-corrected chi connectivity index (χ1v) is 8.20. The lowest BCUT2D eigenvalue weighted by molar-refractivity contribution is -0.207. The highest BCUT2D eigenvalue weighted by atomic mass is 19.2. The molecular weight excluding hydrogens is 359 g/mol. The first kappa shape index (κ1) is 19.2. The van der Waals surface area contributed by atoms with E-state index in [2.05, 4.69) is 4.98 Å². The molecule has 1 aliphatic heterocycles. The van der Waals surface area contributed by atoms with Crippen LogP contribution in [-0.2, 0) is 9.47 Å². The molecule has 0 saturated carbocycles. The highest BCUT2D eigenvalue weighted by Crippen LogP contribution is 2.44. The van der Waals surface area contributed by atoms with Crippen LogP contribution in [0.4, 0.5) is 4.39 Å². The number of benzene rings is 1. The normalized spacial score (nSPS) is 30.3. The molecule has 0 unspecified atom stereocenters. The predicted molar refractivity (Wildman–Crippen MR) is 90.6 cm³/mol.